The van der Waals surface area contributed by atoms with Crippen molar-refractivity contribution in [2.24, 2.45) is 5.73 Å². The van der Waals surface area contributed by atoms with Gasteiger partial charge in [-0.2, -0.15) is 0 Å². The minimum atomic E-state index is -0.887. The van der Waals surface area contributed by atoms with E-state index in [1.807, 2.05) is 12.1 Å². The molecule has 0 unspecified atom stereocenters. The van der Waals surface area contributed by atoms with Gasteiger partial charge in [-0.15, -0.1) is 0 Å². The van der Waals surface area contributed by atoms with Crippen LogP contribution in [0.1, 0.15) is 31.4 Å². The van der Waals surface area contributed by atoms with Gasteiger partial charge in [-0.3, -0.25) is 9.59 Å². The molecule has 0 fully saturated rings. The lowest BCUT2D eigenvalue weighted by Gasteiger charge is -2.18. The van der Waals surface area contributed by atoms with Gasteiger partial charge in [-0.25, -0.2) is 0 Å². The fourth-order valence-corrected chi connectivity index (χ4v) is 1.74. The van der Waals surface area contributed by atoms with Gasteiger partial charge >= 0.3 is 5.97 Å². The van der Waals surface area contributed by atoms with Gasteiger partial charge in [0.15, 0.2) is 0 Å². The Balaban J connectivity index is 2.62. The van der Waals surface area contributed by atoms with Gasteiger partial charge in [0.1, 0.15) is 0 Å². The molecule has 1 aromatic rings. The van der Waals surface area contributed by atoms with Crippen molar-refractivity contribution in [3.8, 4) is 0 Å². The predicted molar refractivity (Wildman–Crippen MR) is 72.5 cm³/mol. The zero-order valence-corrected chi connectivity index (χ0v) is 11.3. The lowest BCUT2D eigenvalue weighted by Crippen LogP contribution is -2.38. The number of carbonyl (C=O) groups is 2. The number of rotatable bonds is 6. The van der Waals surface area contributed by atoms with E-state index in [0.29, 0.717) is 12.1 Å². The van der Waals surface area contributed by atoms with E-state index in [9.17, 15) is 9.59 Å². The van der Waals surface area contributed by atoms with Crippen LogP contribution < -0.4 is 11.1 Å². The van der Waals surface area contributed by atoms with E-state index in [4.69, 9.17) is 10.8 Å². The second kappa shape index (κ2) is 6.33. The molecule has 0 saturated heterocycles. The van der Waals surface area contributed by atoms with E-state index in [2.05, 4.69) is 5.32 Å². The first kappa shape index (κ1) is 15.2. The average Bonchev–Trinajstić information content (AvgIpc) is 2.24. The fraction of sp³-hybridized carbons (Fsp3) is 0.429. The summed E-state index contributed by atoms with van der Waals surface area (Å²) in [6.45, 7) is 3.88. The average molecular weight is 264 g/mol. The van der Waals surface area contributed by atoms with Gasteiger partial charge in [0, 0.05) is 18.5 Å². The van der Waals surface area contributed by atoms with Crippen molar-refractivity contribution in [3.63, 3.8) is 0 Å². The topological polar surface area (TPSA) is 92.4 Å². The summed E-state index contributed by atoms with van der Waals surface area (Å²) in [5.41, 5.74) is 6.74. The van der Waals surface area contributed by atoms with Crippen LogP contribution in [0, 0.1) is 0 Å². The molecule has 1 aromatic carbocycles. The third-order valence-electron chi connectivity index (χ3n) is 2.55. The van der Waals surface area contributed by atoms with Crippen LogP contribution in [0.5, 0.6) is 0 Å². The molecule has 1 amide bonds. The Morgan fingerprint density at radius 3 is 2.37 bits per heavy atom. The molecule has 104 valence electrons. The Bertz CT molecular complexity index is 464. The first-order chi connectivity index (χ1) is 8.78. The highest BCUT2D eigenvalue weighted by molar-refractivity contribution is 5.77. The van der Waals surface area contributed by atoms with Crippen LogP contribution in [0.2, 0.25) is 0 Å². The Morgan fingerprint density at radius 2 is 1.84 bits per heavy atom. The molecule has 1 rings (SSSR count). The SMILES string of the molecule is CC(C)(N)CC(=O)NCc1ccccc1CC(=O)O. The van der Waals surface area contributed by atoms with Gasteiger partial charge in [-0.05, 0) is 25.0 Å². The summed E-state index contributed by atoms with van der Waals surface area (Å²) in [5, 5.41) is 11.6. The minimum Gasteiger partial charge on any atom is -0.481 e. The number of hydrogen-bond acceptors (Lipinski definition) is 3. The second-order valence-corrected chi connectivity index (χ2v) is 5.28. The quantitative estimate of drug-likeness (QED) is 0.716. The lowest BCUT2D eigenvalue weighted by molar-refractivity contribution is -0.136. The molecule has 0 aliphatic heterocycles. The first-order valence-electron chi connectivity index (χ1n) is 6.12. The van der Waals surface area contributed by atoms with E-state index >= 15 is 0 Å². The van der Waals surface area contributed by atoms with E-state index in [1.165, 1.54) is 0 Å². The van der Waals surface area contributed by atoms with Crippen LogP contribution in [0.4, 0.5) is 0 Å². The molecule has 0 atom stereocenters. The van der Waals surface area contributed by atoms with Crippen molar-refractivity contribution in [3.05, 3.63) is 35.4 Å². The minimum absolute atomic E-state index is 0.0472. The number of carboxylic acids is 1. The van der Waals surface area contributed by atoms with Crippen LogP contribution in [-0.2, 0) is 22.6 Å². The number of amides is 1. The van der Waals surface area contributed by atoms with Crippen LogP contribution in [0.25, 0.3) is 0 Å². The van der Waals surface area contributed by atoms with E-state index < -0.39 is 11.5 Å². The molecule has 0 heterocycles. The van der Waals surface area contributed by atoms with Crippen molar-refractivity contribution in [1.29, 1.82) is 0 Å². The molecule has 0 spiro atoms. The summed E-state index contributed by atoms with van der Waals surface area (Å²) in [6.07, 6.45) is 0.183. The molecule has 0 aliphatic carbocycles. The molecule has 4 N–H and O–H groups in total. The van der Waals surface area contributed by atoms with E-state index in [0.717, 1.165) is 5.56 Å². The summed E-state index contributed by atoms with van der Waals surface area (Å²) in [6, 6.07) is 7.17. The van der Waals surface area contributed by atoms with Gasteiger partial charge in [-0.1, -0.05) is 24.3 Å². The van der Waals surface area contributed by atoms with Crippen molar-refractivity contribution < 1.29 is 14.7 Å². The van der Waals surface area contributed by atoms with Crippen molar-refractivity contribution >= 4 is 11.9 Å². The smallest absolute Gasteiger partial charge is 0.307 e. The Kier molecular flexibility index (Phi) is 5.06. The Morgan fingerprint density at radius 1 is 1.26 bits per heavy atom. The Labute approximate surface area is 112 Å². The molecule has 5 nitrogen and oxygen atoms in total. The standard InChI is InChI=1S/C14H20N2O3/c1-14(2,15)8-12(17)16-9-11-6-4-3-5-10(11)7-13(18)19/h3-6H,7-9,15H2,1-2H3,(H,16,17)(H,18,19). The fourth-order valence-electron chi connectivity index (χ4n) is 1.74. The molecule has 5 heteroatoms. The maximum atomic E-state index is 11.7. The largest absolute Gasteiger partial charge is 0.481 e. The summed E-state index contributed by atoms with van der Waals surface area (Å²) in [5.74, 6) is -1.03. The van der Waals surface area contributed by atoms with Gasteiger partial charge in [0.05, 0.1) is 6.42 Å². The highest BCUT2D eigenvalue weighted by Gasteiger charge is 2.16. The van der Waals surface area contributed by atoms with Crippen molar-refractivity contribution in [2.75, 3.05) is 0 Å². The zero-order valence-electron chi connectivity index (χ0n) is 11.3. The summed E-state index contributed by atoms with van der Waals surface area (Å²) < 4.78 is 0. The molecule has 0 radical (unpaired) electrons. The lowest BCUT2D eigenvalue weighted by atomic mass is 10.0. The third kappa shape index (κ3) is 6.01. The van der Waals surface area contributed by atoms with Crippen LogP contribution >= 0.6 is 0 Å². The number of carbonyl (C=O) groups excluding carboxylic acids is 1. The molecule has 0 bridgehead atoms. The number of benzene rings is 1. The Hall–Kier alpha value is -1.88. The monoisotopic (exact) mass is 264 g/mol. The summed E-state index contributed by atoms with van der Waals surface area (Å²) >= 11 is 0. The number of nitrogens with one attached hydrogen (secondary N) is 1. The van der Waals surface area contributed by atoms with Crippen molar-refractivity contribution in [1.82, 2.24) is 5.32 Å². The maximum absolute atomic E-state index is 11.7. The summed E-state index contributed by atoms with van der Waals surface area (Å²) in [4.78, 5) is 22.4. The number of carboxylic acid groups (broad SMARTS) is 1. The normalized spacial score (nSPS) is 11.1. The van der Waals surface area contributed by atoms with Crippen molar-refractivity contribution in [2.45, 2.75) is 38.8 Å². The maximum Gasteiger partial charge on any atom is 0.307 e. The van der Waals surface area contributed by atoms with Gasteiger partial charge in [0.2, 0.25) is 5.91 Å². The van der Waals surface area contributed by atoms with Gasteiger partial charge < -0.3 is 16.2 Å². The highest BCUT2D eigenvalue weighted by atomic mass is 16.4. The number of hydrogen-bond donors (Lipinski definition) is 3. The van der Waals surface area contributed by atoms with E-state index in [-0.39, 0.29) is 18.7 Å². The predicted octanol–water partition coefficient (Wildman–Crippen LogP) is 1.06. The first-order valence-corrected chi connectivity index (χ1v) is 6.12. The number of nitrogens with two attached hydrogens (primary N) is 1. The van der Waals surface area contributed by atoms with Crippen LogP contribution in [0.3, 0.4) is 0 Å². The molecule has 19 heavy (non-hydrogen) atoms. The third-order valence-corrected chi connectivity index (χ3v) is 2.55. The highest BCUT2D eigenvalue weighted by Crippen LogP contribution is 2.10. The summed E-state index contributed by atoms with van der Waals surface area (Å²) in [7, 11) is 0. The zero-order chi connectivity index (χ0) is 14.5. The van der Waals surface area contributed by atoms with Crippen LogP contribution in [0.15, 0.2) is 24.3 Å². The number of aliphatic carboxylic acids is 1. The molecular formula is C14H20N2O3. The van der Waals surface area contributed by atoms with Crippen LogP contribution in [-0.4, -0.2) is 22.5 Å². The second-order valence-electron chi connectivity index (χ2n) is 5.28. The molecular weight excluding hydrogens is 244 g/mol. The molecule has 0 saturated carbocycles. The van der Waals surface area contributed by atoms with E-state index in [1.54, 1.807) is 26.0 Å². The molecule has 0 aromatic heterocycles. The van der Waals surface area contributed by atoms with Gasteiger partial charge in [0.25, 0.3) is 0 Å². The molecule has 0 aliphatic rings.